The minimum Gasteiger partial charge on any atom is -0.305 e. The minimum absolute atomic E-state index is 0.0668. The van der Waals surface area contributed by atoms with Crippen molar-refractivity contribution in [3.05, 3.63) is 21.2 Å². The largest absolute Gasteiger partial charge is 0.307 e. The molecule has 0 spiro atoms. The molecule has 0 saturated carbocycles. The summed E-state index contributed by atoms with van der Waals surface area (Å²) >= 11 is 1.11. The third kappa shape index (κ3) is 2.21. The molecule has 6 heteroatoms. The zero-order valence-corrected chi connectivity index (χ0v) is 8.93. The molecule has 0 atom stereocenters. The van der Waals surface area contributed by atoms with Gasteiger partial charge in [0, 0.05) is 18.1 Å². The molecule has 14 heavy (non-hydrogen) atoms. The van der Waals surface area contributed by atoms with E-state index in [0.29, 0.717) is 6.54 Å². The van der Waals surface area contributed by atoms with E-state index in [0.717, 1.165) is 11.3 Å². The fourth-order valence-corrected chi connectivity index (χ4v) is 1.69. The standard InChI is InChI=1S/C8H13N3O2S/c1-8(2,6(12)10-9)5-11-3-4-14-7(11)13/h3-4H,5,9H2,1-2H3,(H,10,12). The number of aromatic nitrogens is 1. The van der Waals surface area contributed by atoms with Gasteiger partial charge < -0.3 is 4.57 Å². The van der Waals surface area contributed by atoms with Gasteiger partial charge in [-0.25, -0.2) is 5.84 Å². The van der Waals surface area contributed by atoms with Crippen molar-refractivity contribution < 1.29 is 4.79 Å². The van der Waals surface area contributed by atoms with Crippen molar-refractivity contribution in [3.8, 4) is 0 Å². The molecule has 1 aromatic rings. The topological polar surface area (TPSA) is 77.1 Å². The van der Waals surface area contributed by atoms with E-state index in [1.54, 1.807) is 25.4 Å². The molecule has 0 aliphatic carbocycles. The summed E-state index contributed by atoms with van der Waals surface area (Å²) in [5.74, 6) is 4.76. The number of rotatable bonds is 3. The zero-order chi connectivity index (χ0) is 10.8. The first-order valence-corrected chi connectivity index (χ1v) is 5.00. The highest BCUT2D eigenvalue weighted by Gasteiger charge is 2.27. The molecular formula is C8H13N3O2S. The molecular weight excluding hydrogens is 202 g/mol. The third-order valence-corrected chi connectivity index (χ3v) is 2.65. The molecule has 1 rings (SSSR count). The summed E-state index contributed by atoms with van der Waals surface area (Å²) in [7, 11) is 0. The lowest BCUT2D eigenvalue weighted by atomic mass is 9.92. The number of nitrogens with two attached hydrogens (primary N) is 1. The number of hydrazine groups is 1. The third-order valence-electron chi connectivity index (χ3n) is 1.96. The van der Waals surface area contributed by atoms with Crippen molar-refractivity contribution in [3.63, 3.8) is 0 Å². The SMILES string of the molecule is CC(C)(Cn1ccsc1=O)C(=O)NN. The van der Waals surface area contributed by atoms with E-state index in [1.165, 1.54) is 4.57 Å². The average Bonchev–Trinajstić information content (AvgIpc) is 2.50. The van der Waals surface area contributed by atoms with Gasteiger partial charge in [-0.15, -0.1) is 0 Å². The Morgan fingerprint density at radius 3 is 2.79 bits per heavy atom. The van der Waals surface area contributed by atoms with E-state index in [2.05, 4.69) is 5.43 Å². The first kappa shape index (κ1) is 10.9. The lowest BCUT2D eigenvalue weighted by molar-refractivity contribution is -0.130. The number of nitrogens with one attached hydrogen (secondary N) is 1. The van der Waals surface area contributed by atoms with Crippen molar-refractivity contribution >= 4 is 17.2 Å². The fourth-order valence-electron chi connectivity index (χ4n) is 1.10. The summed E-state index contributed by atoms with van der Waals surface area (Å²) in [4.78, 5) is 22.5. The number of amides is 1. The summed E-state index contributed by atoms with van der Waals surface area (Å²) < 4.78 is 1.50. The van der Waals surface area contributed by atoms with Crippen molar-refractivity contribution in [1.29, 1.82) is 0 Å². The van der Waals surface area contributed by atoms with Crippen LogP contribution in [0.3, 0.4) is 0 Å². The Morgan fingerprint density at radius 1 is 1.71 bits per heavy atom. The molecule has 1 heterocycles. The van der Waals surface area contributed by atoms with Crippen LogP contribution in [0, 0.1) is 5.41 Å². The van der Waals surface area contributed by atoms with Gasteiger partial charge in [-0.05, 0) is 13.8 Å². The van der Waals surface area contributed by atoms with Gasteiger partial charge in [0.15, 0.2) is 0 Å². The van der Waals surface area contributed by atoms with E-state index in [-0.39, 0.29) is 10.8 Å². The van der Waals surface area contributed by atoms with Gasteiger partial charge in [-0.1, -0.05) is 11.3 Å². The first-order chi connectivity index (χ1) is 6.47. The van der Waals surface area contributed by atoms with Gasteiger partial charge in [-0.3, -0.25) is 15.0 Å². The van der Waals surface area contributed by atoms with Gasteiger partial charge in [0.1, 0.15) is 0 Å². The molecule has 0 aliphatic heterocycles. The van der Waals surface area contributed by atoms with Crippen molar-refractivity contribution in [1.82, 2.24) is 9.99 Å². The average molecular weight is 215 g/mol. The molecule has 0 aromatic carbocycles. The van der Waals surface area contributed by atoms with Crippen LogP contribution in [0.2, 0.25) is 0 Å². The van der Waals surface area contributed by atoms with Gasteiger partial charge >= 0.3 is 4.87 Å². The second kappa shape index (κ2) is 3.93. The van der Waals surface area contributed by atoms with Crippen LogP contribution >= 0.6 is 11.3 Å². The van der Waals surface area contributed by atoms with E-state index in [4.69, 9.17) is 5.84 Å². The number of thiazole rings is 1. The molecule has 78 valence electrons. The van der Waals surface area contributed by atoms with Crippen LogP contribution in [0.4, 0.5) is 0 Å². The molecule has 0 radical (unpaired) electrons. The van der Waals surface area contributed by atoms with Crippen LogP contribution in [-0.2, 0) is 11.3 Å². The maximum atomic E-state index is 11.3. The van der Waals surface area contributed by atoms with Gasteiger partial charge in [0.05, 0.1) is 5.41 Å². The molecule has 1 amide bonds. The number of hydrogen-bond acceptors (Lipinski definition) is 4. The predicted octanol–water partition coefficient (Wildman–Crippen LogP) is -0.0741. The highest BCUT2D eigenvalue weighted by Crippen LogP contribution is 2.17. The highest BCUT2D eigenvalue weighted by molar-refractivity contribution is 7.07. The normalized spacial score (nSPS) is 11.4. The number of carbonyl (C=O) groups is 1. The molecule has 0 unspecified atom stereocenters. The van der Waals surface area contributed by atoms with Gasteiger partial charge in [-0.2, -0.15) is 0 Å². The minimum atomic E-state index is -0.681. The number of hydrogen-bond donors (Lipinski definition) is 2. The monoisotopic (exact) mass is 215 g/mol. The van der Waals surface area contributed by atoms with Crippen LogP contribution in [-0.4, -0.2) is 10.5 Å². The number of nitrogens with zero attached hydrogens (tertiary/aromatic N) is 1. The summed E-state index contributed by atoms with van der Waals surface area (Å²) in [5.41, 5.74) is 1.41. The van der Waals surface area contributed by atoms with E-state index >= 15 is 0 Å². The lowest BCUT2D eigenvalue weighted by Gasteiger charge is -2.21. The smallest absolute Gasteiger partial charge is 0.305 e. The summed E-state index contributed by atoms with van der Waals surface area (Å²) in [6, 6.07) is 0. The first-order valence-electron chi connectivity index (χ1n) is 4.12. The van der Waals surface area contributed by atoms with E-state index < -0.39 is 5.41 Å². The quantitative estimate of drug-likeness (QED) is 0.421. The summed E-state index contributed by atoms with van der Waals surface area (Å²) in [5, 5.41) is 1.69. The van der Waals surface area contributed by atoms with Crippen LogP contribution in [0.1, 0.15) is 13.8 Å². The van der Waals surface area contributed by atoms with Crippen LogP contribution in [0.5, 0.6) is 0 Å². The Labute approximate surface area is 85.5 Å². The lowest BCUT2D eigenvalue weighted by Crippen LogP contribution is -2.44. The Bertz CT molecular complexity index is 380. The molecule has 0 aliphatic rings. The predicted molar refractivity (Wildman–Crippen MR) is 54.7 cm³/mol. The molecule has 0 bridgehead atoms. The van der Waals surface area contributed by atoms with Crippen LogP contribution < -0.4 is 16.1 Å². The van der Waals surface area contributed by atoms with Gasteiger partial charge in [0.25, 0.3) is 0 Å². The van der Waals surface area contributed by atoms with Gasteiger partial charge in [0.2, 0.25) is 5.91 Å². The second-order valence-electron chi connectivity index (χ2n) is 3.65. The van der Waals surface area contributed by atoms with Crippen molar-refractivity contribution in [2.24, 2.45) is 11.3 Å². The Morgan fingerprint density at radius 2 is 2.36 bits per heavy atom. The summed E-state index contributed by atoms with van der Waals surface area (Å²) in [6.07, 6.45) is 1.67. The molecule has 0 fully saturated rings. The molecule has 3 N–H and O–H groups in total. The summed E-state index contributed by atoms with van der Waals surface area (Å²) in [6.45, 7) is 3.80. The zero-order valence-electron chi connectivity index (χ0n) is 8.11. The van der Waals surface area contributed by atoms with Crippen molar-refractivity contribution in [2.75, 3.05) is 0 Å². The number of carbonyl (C=O) groups excluding carboxylic acids is 1. The Balaban J connectivity index is 2.83. The fraction of sp³-hybridized carbons (Fsp3) is 0.500. The van der Waals surface area contributed by atoms with Crippen LogP contribution in [0.15, 0.2) is 16.4 Å². The highest BCUT2D eigenvalue weighted by atomic mass is 32.1. The molecule has 5 nitrogen and oxygen atoms in total. The molecule has 1 aromatic heterocycles. The second-order valence-corrected chi connectivity index (χ2v) is 4.51. The Hall–Kier alpha value is -1.14. The molecule has 0 saturated heterocycles. The maximum Gasteiger partial charge on any atom is 0.307 e. The van der Waals surface area contributed by atoms with E-state index in [9.17, 15) is 9.59 Å². The Kier molecular flexibility index (Phi) is 3.07. The van der Waals surface area contributed by atoms with Crippen LogP contribution in [0.25, 0.3) is 0 Å². The van der Waals surface area contributed by atoms with E-state index in [1.807, 2.05) is 0 Å². The van der Waals surface area contributed by atoms with Crippen molar-refractivity contribution in [2.45, 2.75) is 20.4 Å². The maximum absolute atomic E-state index is 11.3.